The molecule has 0 bridgehead atoms. The van der Waals surface area contributed by atoms with Crippen LogP contribution in [-0.2, 0) is 11.3 Å². The Bertz CT molecular complexity index is 810. The molecular formula is C18H19BrN4O. The van der Waals surface area contributed by atoms with Gasteiger partial charge >= 0.3 is 0 Å². The van der Waals surface area contributed by atoms with E-state index in [1.165, 1.54) is 0 Å². The molecule has 1 atom stereocenters. The molecule has 0 spiro atoms. The monoisotopic (exact) mass is 386 g/mol. The number of carbonyl (C=O) groups excluding carboxylic acids is 1. The van der Waals surface area contributed by atoms with Crippen LogP contribution in [0.15, 0.2) is 65.7 Å². The second-order valence-corrected chi connectivity index (χ2v) is 6.56. The molecule has 0 saturated heterocycles. The minimum Gasteiger partial charge on any atom is -0.350 e. The molecule has 1 N–H and O–H groups in total. The summed E-state index contributed by atoms with van der Waals surface area (Å²) >= 11 is 3.35. The van der Waals surface area contributed by atoms with Crippen LogP contribution in [0, 0.1) is 0 Å². The highest BCUT2D eigenvalue weighted by Gasteiger charge is 2.10. The molecule has 24 heavy (non-hydrogen) atoms. The largest absolute Gasteiger partial charge is 0.350 e. The number of hydrogen-bond donors (Lipinski definition) is 1. The minimum absolute atomic E-state index is 0.0143. The zero-order chi connectivity index (χ0) is 16.9. The molecule has 124 valence electrons. The van der Waals surface area contributed by atoms with Crippen molar-refractivity contribution in [2.45, 2.75) is 25.9 Å². The van der Waals surface area contributed by atoms with Gasteiger partial charge in [0, 0.05) is 37.2 Å². The van der Waals surface area contributed by atoms with Crippen molar-refractivity contribution in [3.05, 3.63) is 71.2 Å². The van der Waals surface area contributed by atoms with Gasteiger partial charge in [-0.1, -0.05) is 12.1 Å². The summed E-state index contributed by atoms with van der Waals surface area (Å²) in [7, 11) is 0. The number of halogens is 1. The van der Waals surface area contributed by atoms with Gasteiger partial charge in [-0.15, -0.1) is 0 Å². The van der Waals surface area contributed by atoms with E-state index in [0.717, 1.165) is 15.7 Å². The number of benzene rings is 1. The van der Waals surface area contributed by atoms with Gasteiger partial charge in [0.25, 0.3) is 0 Å². The Morgan fingerprint density at radius 2 is 2.08 bits per heavy atom. The van der Waals surface area contributed by atoms with E-state index in [1.54, 1.807) is 10.9 Å². The number of nitrogens with one attached hydrogen (secondary N) is 1. The molecule has 0 radical (unpaired) electrons. The molecule has 0 aliphatic heterocycles. The van der Waals surface area contributed by atoms with E-state index in [-0.39, 0.29) is 11.9 Å². The highest BCUT2D eigenvalue weighted by molar-refractivity contribution is 9.10. The highest BCUT2D eigenvalue weighted by atomic mass is 79.9. The second-order valence-electron chi connectivity index (χ2n) is 5.65. The molecule has 6 heteroatoms. The Hall–Kier alpha value is -2.34. The molecule has 1 unspecified atom stereocenters. The number of nitrogens with zero attached hydrogens (tertiary/aromatic N) is 3. The number of aryl methyl sites for hydroxylation is 1. The lowest BCUT2D eigenvalue weighted by atomic mass is 10.1. The Morgan fingerprint density at radius 1 is 1.29 bits per heavy atom. The van der Waals surface area contributed by atoms with Crippen LogP contribution in [0.3, 0.4) is 0 Å². The maximum Gasteiger partial charge on any atom is 0.222 e. The molecule has 1 amide bonds. The summed E-state index contributed by atoms with van der Waals surface area (Å²) in [4.78, 5) is 12.2. The number of amides is 1. The Balaban J connectivity index is 1.59. The highest BCUT2D eigenvalue weighted by Crippen LogP contribution is 2.17. The minimum atomic E-state index is -0.0441. The van der Waals surface area contributed by atoms with Crippen LogP contribution in [0.5, 0.6) is 0 Å². The molecule has 2 heterocycles. The molecular weight excluding hydrogens is 368 g/mol. The Labute approximate surface area is 149 Å². The van der Waals surface area contributed by atoms with Crippen LogP contribution in [0.2, 0.25) is 0 Å². The van der Waals surface area contributed by atoms with Crippen molar-refractivity contribution >= 4 is 21.8 Å². The number of hydrogen-bond acceptors (Lipinski definition) is 2. The van der Waals surface area contributed by atoms with Gasteiger partial charge in [-0.25, -0.2) is 0 Å². The molecule has 1 aromatic carbocycles. The average Bonchev–Trinajstić information content (AvgIpc) is 3.24. The summed E-state index contributed by atoms with van der Waals surface area (Å²) in [5.74, 6) is 0.0143. The van der Waals surface area contributed by atoms with Gasteiger partial charge in [0.15, 0.2) is 0 Å². The van der Waals surface area contributed by atoms with Crippen LogP contribution in [0.25, 0.3) is 5.69 Å². The third-order valence-electron chi connectivity index (χ3n) is 3.82. The zero-order valence-electron chi connectivity index (χ0n) is 13.4. The first kappa shape index (κ1) is 16.5. The van der Waals surface area contributed by atoms with Crippen LogP contribution in [0.1, 0.15) is 24.9 Å². The fourth-order valence-corrected chi connectivity index (χ4v) is 2.86. The molecule has 0 saturated carbocycles. The number of aromatic nitrogens is 3. The quantitative estimate of drug-likeness (QED) is 0.701. The van der Waals surface area contributed by atoms with E-state index >= 15 is 0 Å². The molecule has 3 rings (SSSR count). The topological polar surface area (TPSA) is 51.9 Å². The van der Waals surface area contributed by atoms with Gasteiger partial charge < -0.3 is 9.88 Å². The van der Waals surface area contributed by atoms with Crippen molar-refractivity contribution in [3.8, 4) is 5.69 Å². The molecule has 0 aliphatic carbocycles. The van der Waals surface area contributed by atoms with E-state index in [4.69, 9.17) is 0 Å². The van der Waals surface area contributed by atoms with Crippen molar-refractivity contribution in [1.82, 2.24) is 19.7 Å². The average molecular weight is 387 g/mol. The molecule has 0 aliphatic rings. The van der Waals surface area contributed by atoms with E-state index in [9.17, 15) is 4.79 Å². The normalized spacial score (nSPS) is 12.1. The van der Waals surface area contributed by atoms with Crippen LogP contribution in [0.4, 0.5) is 0 Å². The summed E-state index contributed by atoms with van der Waals surface area (Å²) in [6, 6.07) is 12.1. The van der Waals surface area contributed by atoms with Crippen molar-refractivity contribution in [1.29, 1.82) is 0 Å². The predicted octanol–water partition coefficient (Wildman–Crippen LogP) is 3.70. The summed E-state index contributed by atoms with van der Waals surface area (Å²) in [5.41, 5.74) is 2.16. The van der Waals surface area contributed by atoms with Gasteiger partial charge in [-0.05, 0) is 52.7 Å². The van der Waals surface area contributed by atoms with E-state index < -0.39 is 0 Å². The first-order valence-electron chi connectivity index (χ1n) is 7.82. The van der Waals surface area contributed by atoms with Crippen molar-refractivity contribution in [3.63, 3.8) is 0 Å². The van der Waals surface area contributed by atoms with Gasteiger partial charge in [-0.3, -0.25) is 9.48 Å². The summed E-state index contributed by atoms with van der Waals surface area (Å²) < 4.78 is 4.72. The fraction of sp³-hybridized carbons (Fsp3) is 0.222. The van der Waals surface area contributed by atoms with Crippen LogP contribution >= 0.6 is 15.9 Å². The summed E-state index contributed by atoms with van der Waals surface area (Å²) in [5, 5.41) is 7.20. The molecule has 5 nitrogen and oxygen atoms in total. The van der Waals surface area contributed by atoms with Crippen LogP contribution < -0.4 is 5.32 Å². The van der Waals surface area contributed by atoms with Crippen LogP contribution in [-0.4, -0.2) is 20.3 Å². The lowest BCUT2D eigenvalue weighted by Crippen LogP contribution is -2.27. The van der Waals surface area contributed by atoms with E-state index in [0.29, 0.717) is 13.0 Å². The molecule has 0 fully saturated rings. The number of carbonyl (C=O) groups is 1. The Kier molecular flexibility index (Phi) is 5.15. The van der Waals surface area contributed by atoms with Gasteiger partial charge in [0.1, 0.15) is 0 Å². The number of rotatable bonds is 6. The smallest absolute Gasteiger partial charge is 0.222 e. The third kappa shape index (κ3) is 4.14. The zero-order valence-corrected chi connectivity index (χ0v) is 15.0. The van der Waals surface area contributed by atoms with Gasteiger partial charge in [0.2, 0.25) is 5.91 Å². The molecule has 3 aromatic rings. The lowest BCUT2D eigenvalue weighted by molar-refractivity contribution is -0.122. The second kappa shape index (κ2) is 7.49. The predicted molar refractivity (Wildman–Crippen MR) is 96.9 cm³/mol. The Morgan fingerprint density at radius 3 is 2.79 bits per heavy atom. The molecule has 2 aromatic heterocycles. The van der Waals surface area contributed by atoms with Crippen molar-refractivity contribution in [2.75, 3.05) is 0 Å². The SMILES string of the molecule is CC(NC(=O)CCn1cc(Br)cn1)c1cccc(-n2cccc2)c1. The van der Waals surface area contributed by atoms with Crippen molar-refractivity contribution < 1.29 is 4.79 Å². The first-order chi connectivity index (χ1) is 11.6. The van der Waals surface area contributed by atoms with E-state index in [1.807, 2.05) is 60.4 Å². The van der Waals surface area contributed by atoms with Gasteiger partial charge in [0.05, 0.1) is 16.7 Å². The van der Waals surface area contributed by atoms with E-state index in [2.05, 4.69) is 32.4 Å². The first-order valence-corrected chi connectivity index (χ1v) is 8.62. The maximum atomic E-state index is 12.2. The lowest BCUT2D eigenvalue weighted by Gasteiger charge is -2.16. The maximum absolute atomic E-state index is 12.2. The van der Waals surface area contributed by atoms with Gasteiger partial charge in [-0.2, -0.15) is 5.10 Å². The fourth-order valence-electron chi connectivity index (χ4n) is 2.54. The summed E-state index contributed by atoms with van der Waals surface area (Å²) in [6.45, 7) is 2.56. The van der Waals surface area contributed by atoms with Crippen molar-refractivity contribution in [2.24, 2.45) is 0 Å². The third-order valence-corrected chi connectivity index (χ3v) is 4.23. The summed E-state index contributed by atoms with van der Waals surface area (Å²) in [6.07, 6.45) is 7.98. The standard InChI is InChI=1S/C18H19BrN4O/c1-14(21-18(24)7-10-23-13-16(19)12-20-23)15-5-4-6-17(11-15)22-8-2-3-9-22/h2-6,8-9,11-14H,7,10H2,1H3,(H,21,24).